The highest BCUT2D eigenvalue weighted by Gasteiger charge is 2.10. The average molecular weight is 367 g/mol. The van der Waals surface area contributed by atoms with Gasteiger partial charge in [0.05, 0.1) is 16.6 Å². The third-order valence-corrected chi connectivity index (χ3v) is 5.01. The molecule has 3 aromatic rings. The molecule has 0 bridgehead atoms. The lowest BCUT2D eigenvalue weighted by atomic mass is 10.0. The summed E-state index contributed by atoms with van der Waals surface area (Å²) in [5.74, 6) is 0.124. The molecule has 0 spiro atoms. The van der Waals surface area contributed by atoms with E-state index >= 15 is 0 Å². The van der Waals surface area contributed by atoms with Gasteiger partial charge in [0, 0.05) is 13.5 Å². The normalized spacial score (nSPS) is 11.9. The van der Waals surface area contributed by atoms with E-state index < -0.39 is 0 Å². The van der Waals surface area contributed by atoms with Crippen molar-refractivity contribution in [3.05, 3.63) is 59.7 Å². The van der Waals surface area contributed by atoms with Crippen molar-refractivity contribution in [2.75, 3.05) is 11.9 Å². The molecule has 1 heterocycles. The molecule has 1 atom stereocenters. The standard InChI is InChI=1S/C20H21N3O2S/c1-13(16-6-4-3-5-7-16)12-21-19(25)11-15-8-9-17-18(10-15)26-20(23-17)22-14(2)24/h3-10,13H,11-12H2,1-2H3,(H,21,25)(H,22,23,24)/t13-/m1/s1. The van der Waals surface area contributed by atoms with Gasteiger partial charge in [-0.1, -0.05) is 54.7 Å². The second-order valence-corrected chi connectivity index (χ2v) is 7.33. The highest BCUT2D eigenvalue weighted by Crippen LogP contribution is 2.27. The maximum atomic E-state index is 12.3. The number of rotatable bonds is 6. The van der Waals surface area contributed by atoms with Crippen molar-refractivity contribution in [1.82, 2.24) is 10.3 Å². The van der Waals surface area contributed by atoms with Crippen LogP contribution in [0.2, 0.25) is 0 Å². The maximum Gasteiger partial charge on any atom is 0.224 e. The van der Waals surface area contributed by atoms with Crippen molar-refractivity contribution in [3.8, 4) is 0 Å². The Morgan fingerprint density at radius 1 is 1.15 bits per heavy atom. The van der Waals surface area contributed by atoms with Gasteiger partial charge in [0.15, 0.2) is 5.13 Å². The SMILES string of the molecule is CC(=O)Nc1nc2ccc(CC(=O)NC[C@@H](C)c3ccccc3)cc2s1. The number of fused-ring (bicyclic) bond motifs is 1. The summed E-state index contributed by atoms with van der Waals surface area (Å²) in [5.41, 5.74) is 2.96. The molecular weight excluding hydrogens is 346 g/mol. The molecule has 134 valence electrons. The molecule has 26 heavy (non-hydrogen) atoms. The number of hydrogen-bond donors (Lipinski definition) is 2. The van der Waals surface area contributed by atoms with E-state index in [-0.39, 0.29) is 17.7 Å². The molecule has 2 amide bonds. The van der Waals surface area contributed by atoms with E-state index in [4.69, 9.17) is 0 Å². The highest BCUT2D eigenvalue weighted by atomic mass is 32.1. The molecule has 2 aromatic carbocycles. The van der Waals surface area contributed by atoms with Gasteiger partial charge in [-0.05, 0) is 29.2 Å². The summed E-state index contributed by atoms with van der Waals surface area (Å²) in [5, 5.41) is 6.27. The molecule has 2 N–H and O–H groups in total. The number of aromatic nitrogens is 1. The Hall–Kier alpha value is -2.73. The van der Waals surface area contributed by atoms with Crippen LogP contribution in [0.1, 0.15) is 30.9 Å². The minimum Gasteiger partial charge on any atom is -0.355 e. The number of nitrogens with one attached hydrogen (secondary N) is 2. The minimum atomic E-state index is -0.142. The summed E-state index contributed by atoms with van der Waals surface area (Å²) in [6.07, 6.45) is 0.324. The molecule has 0 aliphatic rings. The number of thiazole rings is 1. The summed E-state index contributed by atoms with van der Waals surface area (Å²) in [6.45, 7) is 4.17. The van der Waals surface area contributed by atoms with Crippen molar-refractivity contribution in [2.24, 2.45) is 0 Å². The third-order valence-electron chi connectivity index (χ3n) is 4.07. The Kier molecular flexibility index (Phi) is 5.63. The molecule has 0 aliphatic carbocycles. The molecule has 6 heteroatoms. The van der Waals surface area contributed by atoms with Crippen LogP contribution in [0.25, 0.3) is 10.2 Å². The van der Waals surface area contributed by atoms with Crippen molar-refractivity contribution in [2.45, 2.75) is 26.2 Å². The van der Waals surface area contributed by atoms with E-state index in [0.717, 1.165) is 15.8 Å². The number of nitrogens with zero attached hydrogens (tertiary/aromatic N) is 1. The Bertz CT molecular complexity index is 921. The first-order valence-electron chi connectivity index (χ1n) is 8.50. The number of hydrogen-bond acceptors (Lipinski definition) is 4. The number of benzene rings is 2. The molecular formula is C20H21N3O2S. The Morgan fingerprint density at radius 3 is 2.65 bits per heavy atom. The number of carbonyl (C=O) groups is 2. The molecule has 0 fully saturated rings. The molecule has 0 radical (unpaired) electrons. The first kappa shape index (κ1) is 18.1. The van der Waals surface area contributed by atoms with Gasteiger partial charge in [-0.3, -0.25) is 9.59 Å². The first-order valence-corrected chi connectivity index (χ1v) is 9.31. The zero-order chi connectivity index (χ0) is 18.5. The second kappa shape index (κ2) is 8.10. The van der Waals surface area contributed by atoms with E-state index in [9.17, 15) is 9.59 Å². The van der Waals surface area contributed by atoms with Crippen LogP contribution >= 0.6 is 11.3 Å². The van der Waals surface area contributed by atoms with Gasteiger partial charge < -0.3 is 10.6 Å². The van der Waals surface area contributed by atoms with Crippen LogP contribution in [-0.4, -0.2) is 23.3 Å². The van der Waals surface area contributed by atoms with E-state index in [1.54, 1.807) is 0 Å². The highest BCUT2D eigenvalue weighted by molar-refractivity contribution is 7.22. The van der Waals surface area contributed by atoms with Crippen molar-refractivity contribution in [1.29, 1.82) is 0 Å². The number of carbonyl (C=O) groups excluding carboxylic acids is 2. The lowest BCUT2D eigenvalue weighted by Crippen LogP contribution is -2.28. The van der Waals surface area contributed by atoms with Gasteiger partial charge in [-0.25, -0.2) is 4.98 Å². The van der Waals surface area contributed by atoms with Crippen molar-refractivity contribution in [3.63, 3.8) is 0 Å². The summed E-state index contributed by atoms with van der Waals surface area (Å²) in [4.78, 5) is 27.7. The molecule has 0 saturated heterocycles. The van der Waals surface area contributed by atoms with Gasteiger partial charge in [-0.2, -0.15) is 0 Å². The average Bonchev–Trinajstić information content (AvgIpc) is 3.01. The van der Waals surface area contributed by atoms with Gasteiger partial charge >= 0.3 is 0 Å². The zero-order valence-corrected chi connectivity index (χ0v) is 15.6. The Labute approximate surface area is 156 Å². The van der Waals surface area contributed by atoms with Crippen LogP contribution in [-0.2, 0) is 16.0 Å². The minimum absolute atomic E-state index is 0.00118. The fourth-order valence-electron chi connectivity index (χ4n) is 2.70. The van der Waals surface area contributed by atoms with E-state index in [2.05, 4.69) is 34.7 Å². The van der Waals surface area contributed by atoms with E-state index in [1.807, 2.05) is 36.4 Å². The fourth-order valence-corrected chi connectivity index (χ4v) is 3.67. The molecule has 5 nitrogen and oxygen atoms in total. The lowest BCUT2D eigenvalue weighted by molar-refractivity contribution is -0.120. The van der Waals surface area contributed by atoms with Crippen LogP contribution in [0.5, 0.6) is 0 Å². The zero-order valence-electron chi connectivity index (χ0n) is 14.8. The van der Waals surface area contributed by atoms with E-state index in [1.165, 1.54) is 23.8 Å². The molecule has 1 aromatic heterocycles. The predicted octanol–water partition coefficient (Wildman–Crippen LogP) is 3.72. The third kappa shape index (κ3) is 4.67. The van der Waals surface area contributed by atoms with Crippen LogP contribution in [0.4, 0.5) is 5.13 Å². The molecule has 3 rings (SSSR count). The lowest BCUT2D eigenvalue weighted by Gasteiger charge is -2.13. The van der Waals surface area contributed by atoms with Gasteiger partial charge in [0.25, 0.3) is 0 Å². The van der Waals surface area contributed by atoms with Gasteiger partial charge in [-0.15, -0.1) is 0 Å². The van der Waals surface area contributed by atoms with Crippen LogP contribution in [0, 0.1) is 0 Å². The topological polar surface area (TPSA) is 71.1 Å². The summed E-state index contributed by atoms with van der Waals surface area (Å²) in [6, 6.07) is 15.9. The number of amides is 2. The summed E-state index contributed by atoms with van der Waals surface area (Å²) < 4.78 is 0.955. The Balaban J connectivity index is 1.59. The smallest absolute Gasteiger partial charge is 0.224 e. The van der Waals surface area contributed by atoms with Crippen molar-refractivity contribution < 1.29 is 9.59 Å². The predicted molar refractivity (Wildman–Crippen MR) is 105 cm³/mol. The van der Waals surface area contributed by atoms with Crippen LogP contribution in [0.15, 0.2) is 48.5 Å². The van der Waals surface area contributed by atoms with E-state index in [0.29, 0.717) is 18.1 Å². The maximum absolute atomic E-state index is 12.3. The molecule has 0 saturated carbocycles. The second-order valence-electron chi connectivity index (χ2n) is 6.29. The Morgan fingerprint density at radius 2 is 1.92 bits per heavy atom. The van der Waals surface area contributed by atoms with Gasteiger partial charge in [0.2, 0.25) is 11.8 Å². The van der Waals surface area contributed by atoms with Crippen LogP contribution < -0.4 is 10.6 Å². The largest absolute Gasteiger partial charge is 0.355 e. The quantitative estimate of drug-likeness (QED) is 0.697. The fraction of sp³-hybridized carbons (Fsp3) is 0.250. The summed E-state index contributed by atoms with van der Waals surface area (Å²) in [7, 11) is 0. The molecule has 0 unspecified atom stereocenters. The molecule has 0 aliphatic heterocycles. The summed E-state index contributed by atoms with van der Waals surface area (Å²) >= 11 is 1.41. The van der Waals surface area contributed by atoms with Crippen LogP contribution in [0.3, 0.4) is 0 Å². The van der Waals surface area contributed by atoms with Gasteiger partial charge in [0.1, 0.15) is 0 Å². The first-order chi connectivity index (χ1) is 12.5. The van der Waals surface area contributed by atoms with Crippen molar-refractivity contribution >= 4 is 38.5 Å². The monoisotopic (exact) mass is 367 g/mol. The number of anilines is 1.